The van der Waals surface area contributed by atoms with E-state index in [4.69, 9.17) is 0 Å². The molecule has 0 aromatic carbocycles. The van der Waals surface area contributed by atoms with Gasteiger partial charge in [0.15, 0.2) is 0 Å². The van der Waals surface area contributed by atoms with Gasteiger partial charge in [-0.3, -0.25) is 4.98 Å². The molecule has 1 saturated heterocycles. The molecule has 2 atom stereocenters. The topological polar surface area (TPSA) is 28.2 Å². The predicted octanol–water partition coefficient (Wildman–Crippen LogP) is 1.82. The molecule has 1 aromatic heterocycles. The van der Waals surface area contributed by atoms with Crippen molar-refractivity contribution < 1.29 is 0 Å². The molecule has 3 nitrogen and oxygen atoms in total. The molecular weight excluding hydrogens is 198 g/mol. The third kappa shape index (κ3) is 2.19. The number of aryl methyl sites for hydroxylation is 1. The van der Waals surface area contributed by atoms with Crippen LogP contribution in [0.5, 0.6) is 0 Å². The summed E-state index contributed by atoms with van der Waals surface area (Å²) in [6.07, 6.45) is 3.08. The molecule has 2 heterocycles. The normalized spacial score (nSPS) is 25.8. The van der Waals surface area contributed by atoms with Crippen LogP contribution in [0.4, 0.5) is 5.69 Å². The van der Waals surface area contributed by atoms with E-state index in [-0.39, 0.29) is 0 Å². The smallest absolute Gasteiger partial charge is 0.0605 e. The molecule has 1 N–H and O–H groups in total. The number of nitrogens with zero attached hydrogens (tertiary/aromatic N) is 2. The molecule has 88 valence electrons. The van der Waals surface area contributed by atoms with Crippen molar-refractivity contribution in [2.75, 3.05) is 25.0 Å². The first-order chi connectivity index (χ1) is 7.72. The largest absolute Gasteiger partial charge is 0.370 e. The summed E-state index contributed by atoms with van der Waals surface area (Å²) in [6.45, 7) is 6.66. The van der Waals surface area contributed by atoms with Crippen LogP contribution in [0.2, 0.25) is 0 Å². The Hall–Kier alpha value is -1.09. The highest BCUT2D eigenvalue weighted by atomic mass is 15.2. The van der Waals surface area contributed by atoms with Crippen molar-refractivity contribution in [3.63, 3.8) is 0 Å². The Labute approximate surface area is 97.9 Å². The van der Waals surface area contributed by atoms with Crippen molar-refractivity contribution in [3.8, 4) is 0 Å². The van der Waals surface area contributed by atoms with Crippen LogP contribution in [-0.4, -0.2) is 31.2 Å². The third-order valence-corrected chi connectivity index (χ3v) is 3.60. The Morgan fingerprint density at radius 1 is 1.50 bits per heavy atom. The van der Waals surface area contributed by atoms with Gasteiger partial charge in [-0.15, -0.1) is 0 Å². The van der Waals surface area contributed by atoms with E-state index in [9.17, 15) is 0 Å². The SMILES string of the molecule is CNC1CCN(c2cccnc2C)CC1C. The molecule has 1 aliphatic rings. The zero-order valence-electron chi connectivity index (χ0n) is 10.4. The first-order valence-corrected chi connectivity index (χ1v) is 6.06. The number of piperidine rings is 1. The maximum atomic E-state index is 4.36. The minimum atomic E-state index is 0.660. The number of hydrogen-bond donors (Lipinski definition) is 1. The molecule has 1 aromatic rings. The van der Waals surface area contributed by atoms with E-state index in [0.717, 1.165) is 18.8 Å². The van der Waals surface area contributed by atoms with E-state index < -0.39 is 0 Å². The molecule has 2 rings (SSSR count). The highest BCUT2D eigenvalue weighted by Gasteiger charge is 2.25. The molecule has 1 aliphatic heterocycles. The van der Waals surface area contributed by atoms with Gasteiger partial charge in [0.1, 0.15) is 0 Å². The minimum absolute atomic E-state index is 0.660. The van der Waals surface area contributed by atoms with Crippen molar-refractivity contribution in [3.05, 3.63) is 24.0 Å². The van der Waals surface area contributed by atoms with Crippen molar-refractivity contribution >= 4 is 5.69 Å². The zero-order chi connectivity index (χ0) is 11.5. The number of pyridine rings is 1. The first-order valence-electron chi connectivity index (χ1n) is 6.06. The number of nitrogens with one attached hydrogen (secondary N) is 1. The molecule has 0 aliphatic carbocycles. The zero-order valence-corrected chi connectivity index (χ0v) is 10.4. The summed E-state index contributed by atoms with van der Waals surface area (Å²) >= 11 is 0. The van der Waals surface area contributed by atoms with Gasteiger partial charge >= 0.3 is 0 Å². The Balaban J connectivity index is 2.11. The van der Waals surface area contributed by atoms with Crippen LogP contribution in [0.15, 0.2) is 18.3 Å². The molecule has 1 fully saturated rings. The summed E-state index contributed by atoms with van der Waals surface area (Å²) in [7, 11) is 2.06. The van der Waals surface area contributed by atoms with Gasteiger partial charge in [-0.05, 0) is 38.4 Å². The van der Waals surface area contributed by atoms with Gasteiger partial charge in [-0.25, -0.2) is 0 Å². The second-order valence-electron chi connectivity index (χ2n) is 4.72. The second-order valence-corrected chi connectivity index (χ2v) is 4.72. The number of rotatable bonds is 2. The van der Waals surface area contributed by atoms with Gasteiger partial charge in [0.2, 0.25) is 0 Å². The maximum absolute atomic E-state index is 4.36. The van der Waals surface area contributed by atoms with E-state index in [1.54, 1.807) is 0 Å². The molecule has 0 spiro atoms. The lowest BCUT2D eigenvalue weighted by molar-refractivity contribution is 0.338. The van der Waals surface area contributed by atoms with Crippen molar-refractivity contribution in [2.24, 2.45) is 5.92 Å². The summed E-state index contributed by atoms with van der Waals surface area (Å²) in [5, 5.41) is 3.40. The highest BCUT2D eigenvalue weighted by Crippen LogP contribution is 2.24. The summed E-state index contributed by atoms with van der Waals surface area (Å²) in [5.74, 6) is 0.693. The standard InChI is InChI=1S/C13H21N3/c1-10-9-16(8-6-12(10)14-3)13-5-4-7-15-11(13)2/h4-5,7,10,12,14H,6,8-9H2,1-3H3. The predicted molar refractivity (Wildman–Crippen MR) is 67.8 cm³/mol. The van der Waals surface area contributed by atoms with E-state index >= 15 is 0 Å². The Kier molecular flexibility index (Phi) is 3.44. The van der Waals surface area contributed by atoms with Gasteiger partial charge in [-0.1, -0.05) is 6.92 Å². The Bertz CT molecular complexity index is 351. The number of aromatic nitrogens is 1. The van der Waals surface area contributed by atoms with Crippen LogP contribution in [0.25, 0.3) is 0 Å². The Morgan fingerprint density at radius 2 is 2.31 bits per heavy atom. The molecule has 0 bridgehead atoms. The lowest BCUT2D eigenvalue weighted by Crippen LogP contribution is -2.47. The van der Waals surface area contributed by atoms with E-state index in [1.165, 1.54) is 12.1 Å². The van der Waals surface area contributed by atoms with Gasteiger partial charge in [-0.2, -0.15) is 0 Å². The summed E-state index contributed by atoms with van der Waals surface area (Å²) < 4.78 is 0. The molecule has 3 heteroatoms. The average molecular weight is 219 g/mol. The summed E-state index contributed by atoms with van der Waals surface area (Å²) in [6, 6.07) is 4.86. The van der Waals surface area contributed by atoms with E-state index in [1.807, 2.05) is 12.3 Å². The number of anilines is 1. The summed E-state index contributed by atoms with van der Waals surface area (Å²) in [5.41, 5.74) is 2.43. The molecule has 0 radical (unpaired) electrons. The van der Waals surface area contributed by atoms with Crippen LogP contribution in [0.1, 0.15) is 19.0 Å². The van der Waals surface area contributed by atoms with Crippen molar-refractivity contribution in [1.29, 1.82) is 0 Å². The maximum Gasteiger partial charge on any atom is 0.0605 e. The third-order valence-electron chi connectivity index (χ3n) is 3.60. The summed E-state index contributed by atoms with van der Waals surface area (Å²) in [4.78, 5) is 6.82. The van der Waals surface area contributed by atoms with Crippen LogP contribution in [0, 0.1) is 12.8 Å². The van der Waals surface area contributed by atoms with Crippen LogP contribution in [-0.2, 0) is 0 Å². The van der Waals surface area contributed by atoms with Crippen LogP contribution in [0.3, 0.4) is 0 Å². The molecule has 16 heavy (non-hydrogen) atoms. The molecule has 0 amide bonds. The van der Waals surface area contributed by atoms with Crippen LogP contribution < -0.4 is 10.2 Å². The minimum Gasteiger partial charge on any atom is -0.370 e. The van der Waals surface area contributed by atoms with Crippen molar-refractivity contribution in [2.45, 2.75) is 26.3 Å². The van der Waals surface area contributed by atoms with Gasteiger partial charge < -0.3 is 10.2 Å². The lowest BCUT2D eigenvalue weighted by atomic mass is 9.93. The molecular formula is C13H21N3. The monoisotopic (exact) mass is 219 g/mol. The fourth-order valence-electron chi connectivity index (χ4n) is 2.60. The van der Waals surface area contributed by atoms with E-state index in [0.29, 0.717) is 12.0 Å². The molecule has 2 unspecified atom stereocenters. The van der Waals surface area contributed by atoms with Gasteiger partial charge in [0.25, 0.3) is 0 Å². The fourth-order valence-corrected chi connectivity index (χ4v) is 2.60. The fraction of sp³-hybridized carbons (Fsp3) is 0.615. The second kappa shape index (κ2) is 4.83. The lowest BCUT2D eigenvalue weighted by Gasteiger charge is -2.38. The van der Waals surface area contributed by atoms with Crippen LogP contribution >= 0.6 is 0 Å². The van der Waals surface area contributed by atoms with Gasteiger partial charge in [0.05, 0.1) is 11.4 Å². The van der Waals surface area contributed by atoms with Crippen molar-refractivity contribution in [1.82, 2.24) is 10.3 Å². The first kappa shape index (κ1) is 11.4. The van der Waals surface area contributed by atoms with Gasteiger partial charge in [0, 0.05) is 25.3 Å². The number of hydrogen-bond acceptors (Lipinski definition) is 3. The van der Waals surface area contributed by atoms with E-state index in [2.05, 4.69) is 42.2 Å². The Morgan fingerprint density at radius 3 is 2.94 bits per heavy atom. The quantitative estimate of drug-likeness (QED) is 0.822. The molecule has 0 saturated carbocycles. The highest BCUT2D eigenvalue weighted by molar-refractivity contribution is 5.50. The average Bonchev–Trinajstić information content (AvgIpc) is 2.29.